The minimum Gasteiger partial charge on any atom is -0.356 e. The maximum atomic E-state index is 8.70. The van der Waals surface area contributed by atoms with Gasteiger partial charge in [-0.1, -0.05) is 30.3 Å². The summed E-state index contributed by atoms with van der Waals surface area (Å²) in [6.07, 6.45) is 3.02. The fourth-order valence-electron chi connectivity index (χ4n) is 2.05. The van der Waals surface area contributed by atoms with Crippen LogP contribution in [0.3, 0.4) is 0 Å². The Balaban J connectivity index is 2.13. The van der Waals surface area contributed by atoms with E-state index in [1.54, 1.807) is 6.20 Å². The van der Waals surface area contributed by atoms with Gasteiger partial charge in [0.15, 0.2) is 0 Å². The first-order valence-electron chi connectivity index (χ1n) is 6.81. The van der Waals surface area contributed by atoms with Crippen molar-refractivity contribution in [2.75, 3.05) is 18.0 Å². The smallest absolute Gasteiger partial charge is 0.135 e. The molecule has 0 saturated heterocycles. The van der Waals surface area contributed by atoms with Crippen LogP contribution in [-0.4, -0.2) is 23.1 Å². The fraction of sp³-hybridized carbons (Fsp3) is 0.312. The summed E-state index contributed by atoms with van der Waals surface area (Å²) in [5.41, 5.74) is 1.20. The van der Waals surface area contributed by atoms with E-state index in [1.807, 2.05) is 24.3 Å². The van der Waals surface area contributed by atoms with Crippen molar-refractivity contribution in [2.24, 2.45) is 0 Å². The quantitative estimate of drug-likeness (QED) is 0.806. The van der Waals surface area contributed by atoms with Crippen LogP contribution in [0, 0.1) is 11.3 Å². The van der Waals surface area contributed by atoms with E-state index in [9.17, 15) is 0 Å². The van der Waals surface area contributed by atoms with Gasteiger partial charge in [0.25, 0.3) is 0 Å². The van der Waals surface area contributed by atoms with Crippen LogP contribution in [0.5, 0.6) is 0 Å². The zero-order valence-corrected chi connectivity index (χ0v) is 11.7. The molecule has 2 rings (SSSR count). The van der Waals surface area contributed by atoms with Gasteiger partial charge in [-0.15, -0.1) is 0 Å². The summed E-state index contributed by atoms with van der Waals surface area (Å²) in [5, 5.41) is 8.70. The van der Waals surface area contributed by atoms with E-state index in [-0.39, 0.29) is 0 Å². The van der Waals surface area contributed by atoms with Crippen LogP contribution in [0.15, 0.2) is 42.6 Å². The highest BCUT2D eigenvalue weighted by Gasteiger charge is 2.07. The average Bonchev–Trinajstić information content (AvgIpc) is 2.49. The molecule has 4 nitrogen and oxygen atoms in total. The van der Waals surface area contributed by atoms with Crippen molar-refractivity contribution < 1.29 is 0 Å². The fourth-order valence-corrected chi connectivity index (χ4v) is 2.05. The van der Waals surface area contributed by atoms with Gasteiger partial charge in [-0.3, -0.25) is 0 Å². The van der Waals surface area contributed by atoms with E-state index in [1.165, 1.54) is 5.56 Å². The van der Waals surface area contributed by atoms with Crippen molar-refractivity contribution in [2.45, 2.75) is 19.8 Å². The lowest BCUT2D eigenvalue weighted by Gasteiger charge is -2.20. The Kier molecular flexibility index (Phi) is 5.08. The van der Waals surface area contributed by atoms with Crippen molar-refractivity contribution in [3.8, 4) is 6.07 Å². The van der Waals surface area contributed by atoms with Crippen LogP contribution in [0.2, 0.25) is 0 Å². The molecule has 0 aliphatic rings. The van der Waals surface area contributed by atoms with Crippen molar-refractivity contribution in [1.82, 2.24) is 9.97 Å². The maximum absolute atomic E-state index is 8.70. The van der Waals surface area contributed by atoms with Crippen LogP contribution >= 0.6 is 0 Å². The van der Waals surface area contributed by atoms with Crippen LogP contribution in [0.1, 0.15) is 24.7 Å². The number of aromatic nitrogens is 2. The zero-order valence-electron chi connectivity index (χ0n) is 11.7. The second kappa shape index (κ2) is 7.25. The van der Waals surface area contributed by atoms with Crippen molar-refractivity contribution >= 4 is 5.82 Å². The normalized spacial score (nSPS) is 10.0. The van der Waals surface area contributed by atoms with E-state index in [4.69, 9.17) is 5.26 Å². The van der Waals surface area contributed by atoms with Gasteiger partial charge in [0, 0.05) is 25.7 Å². The number of anilines is 1. The van der Waals surface area contributed by atoms with Gasteiger partial charge in [0.1, 0.15) is 11.6 Å². The van der Waals surface area contributed by atoms with E-state index < -0.39 is 0 Å². The summed E-state index contributed by atoms with van der Waals surface area (Å²) in [7, 11) is 0. The predicted octanol–water partition coefficient (Wildman–Crippen LogP) is 2.81. The van der Waals surface area contributed by atoms with Gasteiger partial charge in [0.2, 0.25) is 0 Å². The Hall–Kier alpha value is -2.41. The van der Waals surface area contributed by atoms with Crippen LogP contribution in [-0.2, 0) is 6.42 Å². The van der Waals surface area contributed by atoms with Gasteiger partial charge >= 0.3 is 0 Å². The van der Waals surface area contributed by atoms with Gasteiger partial charge in [-0.05, 0) is 18.6 Å². The van der Waals surface area contributed by atoms with Crippen molar-refractivity contribution in [1.29, 1.82) is 5.26 Å². The topological polar surface area (TPSA) is 52.8 Å². The lowest BCUT2D eigenvalue weighted by atomic mass is 10.1. The number of hydrogen-bond acceptors (Lipinski definition) is 4. The Morgan fingerprint density at radius 3 is 2.70 bits per heavy atom. The number of nitrogens with zero attached hydrogens (tertiary/aromatic N) is 4. The third-order valence-electron chi connectivity index (χ3n) is 3.10. The summed E-state index contributed by atoms with van der Waals surface area (Å²) >= 11 is 0. The molecule has 0 spiro atoms. The molecular formula is C16H18N4. The summed E-state index contributed by atoms with van der Waals surface area (Å²) in [5.74, 6) is 1.70. The Bertz CT molecular complexity index is 575. The molecule has 1 aromatic carbocycles. The first-order chi connectivity index (χ1) is 9.83. The van der Waals surface area contributed by atoms with Gasteiger partial charge < -0.3 is 4.90 Å². The maximum Gasteiger partial charge on any atom is 0.135 e. The van der Waals surface area contributed by atoms with Crippen LogP contribution in [0.4, 0.5) is 5.82 Å². The first-order valence-corrected chi connectivity index (χ1v) is 6.81. The van der Waals surface area contributed by atoms with Crippen molar-refractivity contribution in [3.05, 3.63) is 54.0 Å². The van der Waals surface area contributed by atoms with E-state index >= 15 is 0 Å². The third-order valence-corrected chi connectivity index (χ3v) is 3.10. The summed E-state index contributed by atoms with van der Waals surface area (Å²) in [4.78, 5) is 11.0. The van der Waals surface area contributed by atoms with Crippen molar-refractivity contribution in [3.63, 3.8) is 0 Å². The highest BCUT2D eigenvalue weighted by Crippen LogP contribution is 2.12. The summed E-state index contributed by atoms with van der Waals surface area (Å²) in [6.45, 7) is 3.61. The molecule has 1 aromatic heterocycles. The minimum atomic E-state index is 0.506. The molecular weight excluding hydrogens is 248 g/mol. The molecule has 0 fully saturated rings. The molecule has 0 atom stereocenters. The molecule has 0 radical (unpaired) electrons. The van der Waals surface area contributed by atoms with Gasteiger partial charge in [-0.2, -0.15) is 5.26 Å². The van der Waals surface area contributed by atoms with Crippen LogP contribution in [0.25, 0.3) is 0 Å². The molecule has 0 N–H and O–H groups in total. The molecule has 0 aliphatic carbocycles. The molecule has 102 valence electrons. The van der Waals surface area contributed by atoms with E-state index in [0.717, 1.165) is 24.6 Å². The number of rotatable bonds is 6. The minimum absolute atomic E-state index is 0.506. The Morgan fingerprint density at radius 1 is 1.20 bits per heavy atom. The highest BCUT2D eigenvalue weighted by molar-refractivity contribution is 5.37. The molecule has 1 heterocycles. The standard InChI is InChI=1S/C16H18N4/c1-2-20(12-6-10-17)16-9-11-18-15(19-16)13-14-7-4-3-5-8-14/h3-5,7-9,11H,2,6,12-13H2,1H3. The molecule has 20 heavy (non-hydrogen) atoms. The van der Waals surface area contributed by atoms with E-state index in [0.29, 0.717) is 13.0 Å². The Morgan fingerprint density at radius 2 is 2.00 bits per heavy atom. The number of hydrogen-bond donors (Lipinski definition) is 0. The molecule has 0 bridgehead atoms. The predicted molar refractivity (Wildman–Crippen MR) is 79.4 cm³/mol. The molecule has 4 heteroatoms. The SMILES string of the molecule is CCN(CCC#N)c1ccnc(Cc2ccccc2)n1. The van der Waals surface area contributed by atoms with Gasteiger partial charge in [-0.25, -0.2) is 9.97 Å². The lowest BCUT2D eigenvalue weighted by Crippen LogP contribution is -2.25. The summed E-state index contributed by atoms with van der Waals surface area (Å²) < 4.78 is 0. The molecule has 0 unspecified atom stereocenters. The second-order valence-electron chi connectivity index (χ2n) is 4.48. The average molecular weight is 266 g/mol. The molecule has 0 amide bonds. The molecule has 0 aliphatic heterocycles. The first kappa shape index (κ1) is 14.0. The molecule has 0 saturated carbocycles. The summed E-state index contributed by atoms with van der Waals surface area (Å²) in [6, 6.07) is 14.3. The molecule has 2 aromatic rings. The number of nitriles is 1. The largest absolute Gasteiger partial charge is 0.356 e. The monoisotopic (exact) mass is 266 g/mol. The Labute approximate surface area is 119 Å². The zero-order chi connectivity index (χ0) is 14.2. The van der Waals surface area contributed by atoms with E-state index in [2.05, 4.69) is 40.0 Å². The van der Waals surface area contributed by atoms with Gasteiger partial charge in [0.05, 0.1) is 12.5 Å². The van der Waals surface area contributed by atoms with Crippen LogP contribution < -0.4 is 4.90 Å². The third kappa shape index (κ3) is 3.79. The highest BCUT2D eigenvalue weighted by atomic mass is 15.2. The second-order valence-corrected chi connectivity index (χ2v) is 4.48. The number of benzene rings is 1. The lowest BCUT2D eigenvalue weighted by molar-refractivity contribution is 0.797.